The van der Waals surface area contributed by atoms with E-state index in [1.807, 2.05) is 341 Å². The number of pyridine rings is 8. The maximum atomic E-state index is 9.76. The average Bonchev–Trinajstić information content (AvgIpc) is 0.815. The summed E-state index contributed by atoms with van der Waals surface area (Å²) in [4.78, 5) is 36.6. The van der Waals surface area contributed by atoms with E-state index >= 15 is 0 Å². The quantitative estimate of drug-likeness (QED) is 0.0563. The third-order valence-electron chi connectivity index (χ3n) is 22.8. The largest absolute Gasteiger partial charge is 0.392 e. The van der Waals surface area contributed by atoms with Crippen LogP contribution < -0.4 is 0 Å². The number of aliphatic hydroxyl groups is 8. The predicted octanol–water partition coefficient (Wildman–Crippen LogP) is 23.6. The fourth-order valence-electron chi connectivity index (χ4n) is 12.4. The van der Waals surface area contributed by atoms with E-state index in [0.717, 1.165) is 117 Å². The molecule has 0 spiro atoms. The van der Waals surface area contributed by atoms with Crippen LogP contribution in [0.5, 0.6) is 0 Å². The molecule has 0 saturated carbocycles. The average molecular weight is 2550 g/mol. The van der Waals surface area contributed by atoms with E-state index in [-0.39, 0.29) is 124 Å². The molecular formula is C111H146Ir4N12O8. The number of benzene rings is 4. The molecule has 4 aromatic carbocycles. The third kappa shape index (κ3) is 40.8. The number of aryl methyl sites for hydroxylation is 7. The first-order chi connectivity index (χ1) is 60.5. The van der Waals surface area contributed by atoms with Gasteiger partial charge in [0.25, 0.3) is 0 Å². The molecule has 8 heterocycles. The molecule has 734 valence electrons. The van der Waals surface area contributed by atoms with Gasteiger partial charge in [-0.15, -0.1) is 0 Å². The molecule has 24 heteroatoms. The van der Waals surface area contributed by atoms with Crippen molar-refractivity contribution < 1.29 is 121 Å². The molecule has 0 amide bonds. The van der Waals surface area contributed by atoms with Crippen molar-refractivity contribution in [3.8, 4) is 69.8 Å². The van der Waals surface area contributed by atoms with E-state index in [4.69, 9.17) is 21.0 Å². The predicted molar refractivity (Wildman–Crippen MR) is 534 cm³/mol. The second-order valence-electron chi connectivity index (χ2n) is 42.9. The molecule has 8 N–H and O–H groups in total. The van der Waals surface area contributed by atoms with Crippen molar-refractivity contribution in [2.45, 2.75) is 289 Å². The van der Waals surface area contributed by atoms with Gasteiger partial charge in [0.15, 0.2) is 0 Å². The Labute approximate surface area is 858 Å². The molecule has 12 aromatic rings. The molecule has 135 heavy (non-hydrogen) atoms. The smallest absolute Gasteiger partial charge is 0.0991 e. The second kappa shape index (κ2) is 54.1. The van der Waals surface area contributed by atoms with Crippen molar-refractivity contribution in [1.82, 2.24) is 39.9 Å². The maximum absolute atomic E-state index is 9.76. The Balaban J connectivity index is 0.000000775. The first-order valence-electron chi connectivity index (χ1n) is 44.9. The van der Waals surface area contributed by atoms with Crippen molar-refractivity contribution in [1.29, 1.82) is 21.0 Å². The zero-order chi connectivity index (χ0) is 99.0. The number of aromatic nitrogens is 8. The molecule has 0 aliphatic rings. The topological polar surface area (TPSA) is 360 Å². The van der Waals surface area contributed by atoms with Gasteiger partial charge in [0, 0.05) is 151 Å². The molecule has 8 aromatic heterocycles. The first kappa shape index (κ1) is 124. The summed E-state index contributed by atoms with van der Waals surface area (Å²) in [6.07, 6.45) is 0.0336. The minimum atomic E-state index is -0.443. The summed E-state index contributed by atoms with van der Waals surface area (Å²) in [6, 6.07) is 62.4. The van der Waals surface area contributed by atoms with Crippen LogP contribution in [0.2, 0.25) is 0 Å². The minimum absolute atomic E-state index is 0. The monoisotopic (exact) mass is 2550 g/mol. The SMILES string of the molecule is CC(C)(C)C(O)CC(O)C(C)(C)C.CC(C)(C)C(O)CC(O)C(C)(C)C.CC(C)(C)C(O)CC(O)C(C)(C)C.CC(C)(C)C(O)CC(O)C(C)(C)C.Cc1cc(C)nc(-c2ccc3cc(C#N)ccc3n2)c1.Cc1ccc(-c2ccc3cc(C#N)ccc3n2)nc1C.Cc1ccc(C)c(-c2ccc3cc(C#N)ccc3n2)n1.Cc1cccnc1-c1ccc2cc(C#N)ccc2n1.[Ir].[Ir].[Ir].[Ir]. The van der Waals surface area contributed by atoms with Crippen LogP contribution in [-0.4, -0.2) is 130 Å². The van der Waals surface area contributed by atoms with Gasteiger partial charge in [0.1, 0.15) is 0 Å². The zero-order valence-corrected chi connectivity index (χ0v) is 94.5. The van der Waals surface area contributed by atoms with Crippen molar-refractivity contribution >= 4 is 43.6 Å². The number of hydrogen-bond donors (Lipinski definition) is 8. The molecule has 20 nitrogen and oxygen atoms in total. The number of fused-ring (bicyclic) bond motifs is 4. The minimum Gasteiger partial charge on any atom is -0.392 e. The van der Waals surface area contributed by atoms with Gasteiger partial charge in [0.05, 0.1) is 163 Å². The molecular weight excluding hydrogens is 2400 g/mol. The molecule has 8 atom stereocenters. The van der Waals surface area contributed by atoms with Crippen LogP contribution in [0.3, 0.4) is 0 Å². The standard InChI is InChI=1S/3C17H13N3.C16H11N3.4C11H24O2.4Ir/c1-11-3-6-16(19-12(11)2)17-8-5-14-9-13(10-18)4-7-15(14)20-17;1-11-7-12(2)19-17(8-11)16-6-4-14-9-13(10-18)3-5-15(14)20-16;1-11-3-4-12(2)19-17(11)16-8-6-14-9-13(10-18)5-7-15(14)20-16;1-11-3-2-8-18-16(11)15-7-5-13-9-12(10-17)4-6-14(13)19-15;4*1-10(2,3)8(12)7-9(13)11(4,5)6;;;;/h3*3-9H,1-2H3;2-9H,1H3;4*8-9,12-13H,7H2,1-6H3;;;;. The molecule has 0 aliphatic heterocycles. The molecule has 4 radical (unpaired) electrons. The van der Waals surface area contributed by atoms with E-state index in [1.54, 1.807) is 30.5 Å². The van der Waals surface area contributed by atoms with Crippen LogP contribution in [-0.2, 0) is 80.4 Å². The van der Waals surface area contributed by atoms with Crippen molar-refractivity contribution in [2.24, 2.45) is 43.3 Å². The van der Waals surface area contributed by atoms with Crippen LogP contribution in [0.15, 0.2) is 176 Å². The Morgan fingerprint density at radius 2 is 0.511 bits per heavy atom. The number of rotatable bonds is 12. The van der Waals surface area contributed by atoms with Gasteiger partial charge in [-0.2, -0.15) is 21.0 Å². The summed E-state index contributed by atoms with van der Waals surface area (Å²) >= 11 is 0. The molecule has 8 unspecified atom stereocenters. The van der Waals surface area contributed by atoms with Crippen molar-refractivity contribution in [3.05, 3.63) is 238 Å². The summed E-state index contributed by atoms with van der Waals surface area (Å²) in [5.41, 5.74) is 19.5. The molecule has 0 saturated heterocycles. The molecule has 0 fully saturated rings. The number of aliphatic hydroxyl groups excluding tert-OH is 8. The zero-order valence-electron chi connectivity index (χ0n) is 85.0. The summed E-state index contributed by atoms with van der Waals surface area (Å²) < 4.78 is 0. The Morgan fingerprint density at radius 3 is 0.793 bits per heavy atom. The molecule has 0 aliphatic carbocycles. The Hall–Kier alpha value is -8.64. The number of nitriles is 4. The van der Waals surface area contributed by atoms with Gasteiger partial charge in [-0.05, 0) is 241 Å². The first-order valence-corrected chi connectivity index (χ1v) is 44.9. The number of nitrogens with zero attached hydrogens (tertiary/aromatic N) is 12. The maximum Gasteiger partial charge on any atom is 0.0991 e. The van der Waals surface area contributed by atoms with Gasteiger partial charge >= 0.3 is 0 Å². The van der Waals surface area contributed by atoms with E-state index in [9.17, 15) is 40.9 Å². The van der Waals surface area contributed by atoms with Crippen LogP contribution >= 0.6 is 0 Å². The van der Waals surface area contributed by atoms with Gasteiger partial charge < -0.3 is 40.9 Å². The van der Waals surface area contributed by atoms with Crippen molar-refractivity contribution in [2.75, 3.05) is 0 Å². The second-order valence-corrected chi connectivity index (χ2v) is 42.9. The van der Waals surface area contributed by atoms with Gasteiger partial charge in [-0.3, -0.25) is 19.9 Å². The Kier molecular flexibility index (Phi) is 49.8. The normalized spacial score (nSPS) is 13.2. The van der Waals surface area contributed by atoms with Crippen LogP contribution in [0.4, 0.5) is 0 Å². The Morgan fingerprint density at radius 1 is 0.252 bits per heavy atom. The van der Waals surface area contributed by atoms with Gasteiger partial charge in [-0.1, -0.05) is 209 Å². The summed E-state index contributed by atoms with van der Waals surface area (Å²) in [6.45, 7) is 61.6. The van der Waals surface area contributed by atoms with Gasteiger partial charge in [0.2, 0.25) is 0 Å². The third-order valence-corrected chi connectivity index (χ3v) is 22.8. The van der Waals surface area contributed by atoms with E-state index in [1.165, 1.54) is 11.1 Å². The van der Waals surface area contributed by atoms with E-state index < -0.39 is 48.8 Å². The van der Waals surface area contributed by atoms with Crippen LogP contribution in [0.25, 0.3) is 89.2 Å². The fraction of sp³-hybridized carbons (Fsp3) is 0.459. The van der Waals surface area contributed by atoms with Crippen molar-refractivity contribution in [3.63, 3.8) is 0 Å². The molecule has 12 rings (SSSR count). The fourth-order valence-corrected chi connectivity index (χ4v) is 12.4. The molecule has 0 bridgehead atoms. The van der Waals surface area contributed by atoms with E-state index in [0.29, 0.717) is 47.9 Å². The Bertz CT molecular complexity index is 5720. The van der Waals surface area contributed by atoms with E-state index in [2.05, 4.69) is 83.2 Å². The van der Waals surface area contributed by atoms with Gasteiger partial charge in [-0.25, -0.2) is 19.9 Å². The number of hydrogen-bond acceptors (Lipinski definition) is 20. The summed E-state index contributed by atoms with van der Waals surface area (Å²) in [5, 5.41) is 118. The summed E-state index contributed by atoms with van der Waals surface area (Å²) in [5.74, 6) is 0. The van der Waals surface area contributed by atoms with Crippen LogP contribution in [0, 0.1) is 137 Å². The van der Waals surface area contributed by atoms with Crippen LogP contribution in [0.1, 0.15) is 253 Å². The summed E-state index contributed by atoms with van der Waals surface area (Å²) in [7, 11) is 0.